The molecular formula is C25H22N4O4. The number of nitro groups is 1. The van der Waals surface area contributed by atoms with E-state index in [1.54, 1.807) is 12.1 Å². The van der Waals surface area contributed by atoms with E-state index in [4.69, 9.17) is 9.84 Å². The maximum absolute atomic E-state index is 12.4. The molecule has 0 aliphatic heterocycles. The summed E-state index contributed by atoms with van der Waals surface area (Å²) in [4.78, 5) is 22.9. The van der Waals surface area contributed by atoms with Crippen LogP contribution in [-0.2, 0) is 17.9 Å². The summed E-state index contributed by atoms with van der Waals surface area (Å²) >= 11 is 0. The van der Waals surface area contributed by atoms with Crippen molar-refractivity contribution in [2.75, 3.05) is 6.61 Å². The van der Waals surface area contributed by atoms with Gasteiger partial charge in [-0.2, -0.15) is 5.10 Å². The first kappa shape index (κ1) is 21.8. The van der Waals surface area contributed by atoms with Crippen LogP contribution in [0.2, 0.25) is 0 Å². The van der Waals surface area contributed by atoms with E-state index in [2.05, 4.69) is 5.32 Å². The zero-order valence-corrected chi connectivity index (χ0v) is 17.8. The highest BCUT2D eigenvalue weighted by atomic mass is 16.6. The molecule has 1 amide bonds. The second kappa shape index (κ2) is 10.2. The predicted octanol–water partition coefficient (Wildman–Crippen LogP) is 4.20. The van der Waals surface area contributed by atoms with Crippen LogP contribution in [-0.4, -0.2) is 27.2 Å². The van der Waals surface area contributed by atoms with Gasteiger partial charge in [-0.1, -0.05) is 72.8 Å². The number of ether oxygens (including phenoxy) is 1. The highest BCUT2D eigenvalue weighted by Crippen LogP contribution is 2.26. The third-order valence-corrected chi connectivity index (χ3v) is 4.97. The summed E-state index contributed by atoms with van der Waals surface area (Å²) in [7, 11) is 0. The van der Waals surface area contributed by atoms with Crippen LogP contribution in [0.3, 0.4) is 0 Å². The molecule has 1 N–H and O–H groups in total. The third kappa shape index (κ3) is 5.62. The number of amides is 1. The molecule has 4 aromatic rings. The normalized spacial score (nSPS) is 10.5. The molecule has 3 aromatic carbocycles. The molecule has 8 heteroatoms. The van der Waals surface area contributed by atoms with Crippen molar-refractivity contribution in [3.63, 3.8) is 0 Å². The number of para-hydroxylation sites is 2. The minimum Gasteiger partial charge on any atom is -0.477 e. The van der Waals surface area contributed by atoms with Crippen molar-refractivity contribution in [3.05, 3.63) is 112 Å². The smallest absolute Gasteiger partial charge is 0.310 e. The minimum absolute atomic E-state index is 0.0540. The van der Waals surface area contributed by atoms with E-state index in [1.807, 2.05) is 71.5 Å². The molecule has 0 radical (unpaired) electrons. The van der Waals surface area contributed by atoms with Gasteiger partial charge in [0, 0.05) is 29.9 Å². The highest BCUT2D eigenvalue weighted by Gasteiger charge is 2.16. The predicted molar refractivity (Wildman–Crippen MR) is 124 cm³/mol. The molecule has 0 unspecified atom stereocenters. The molecule has 0 bridgehead atoms. The Hall–Kier alpha value is -4.46. The van der Waals surface area contributed by atoms with Crippen LogP contribution in [0, 0.1) is 10.1 Å². The summed E-state index contributed by atoms with van der Waals surface area (Å²) in [5, 5.41) is 18.7. The van der Waals surface area contributed by atoms with Crippen LogP contribution in [0.15, 0.2) is 91.1 Å². The number of aromatic nitrogens is 2. The quantitative estimate of drug-likeness (QED) is 0.309. The fourth-order valence-electron chi connectivity index (χ4n) is 3.40. The van der Waals surface area contributed by atoms with Gasteiger partial charge < -0.3 is 10.1 Å². The van der Waals surface area contributed by atoms with Crippen LogP contribution in [0.1, 0.15) is 11.1 Å². The van der Waals surface area contributed by atoms with Crippen molar-refractivity contribution in [1.29, 1.82) is 0 Å². The molecular weight excluding hydrogens is 420 g/mol. The van der Waals surface area contributed by atoms with Crippen molar-refractivity contribution in [2.24, 2.45) is 0 Å². The summed E-state index contributed by atoms with van der Waals surface area (Å²) in [5.74, 6) is -0.332. The molecule has 166 valence electrons. The van der Waals surface area contributed by atoms with Gasteiger partial charge in [0.15, 0.2) is 12.4 Å². The molecule has 0 fully saturated rings. The van der Waals surface area contributed by atoms with Gasteiger partial charge >= 0.3 is 5.69 Å². The largest absolute Gasteiger partial charge is 0.477 e. The van der Waals surface area contributed by atoms with E-state index in [9.17, 15) is 14.9 Å². The van der Waals surface area contributed by atoms with Gasteiger partial charge in [0.2, 0.25) is 0 Å². The number of nitrogens with zero attached hydrogens (tertiary/aromatic N) is 3. The lowest BCUT2D eigenvalue weighted by Crippen LogP contribution is -2.28. The van der Waals surface area contributed by atoms with Crippen LogP contribution in [0.4, 0.5) is 5.69 Å². The molecule has 0 atom stereocenters. The minimum atomic E-state index is -0.541. The monoisotopic (exact) mass is 442 g/mol. The van der Waals surface area contributed by atoms with Crippen LogP contribution in [0.5, 0.6) is 5.75 Å². The number of hydrogen-bond acceptors (Lipinski definition) is 5. The molecule has 1 aromatic heterocycles. The van der Waals surface area contributed by atoms with E-state index in [0.717, 1.165) is 22.4 Å². The van der Waals surface area contributed by atoms with Crippen molar-refractivity contribution < 1.29 is 14.5 Å². The van der Waals surface area contributed by atoms with Crippen molar-refractivity contribution in [1.82, 2.24) is 15.1 Å². The SMILES string of the molecule is O=C(COc1ccccc1[N+](=O)[O-])NCc1cn(Cc2ccccc2)nc1-c1ccccc1. The number of benzene rings is 3. The van der Waals surface area contributed by atoms with Gasteiger partial charge in [0.05, 0.1) is 17.2 Å². The fraction of sp³-hybridized carbons (Fsp3) is 0.120. The summed E-state index contributed by atoms with van der Waals surface area (Å²) in [6, 6.07) is 25.7. The molecule has 0 saturated carbocycles. The molecule has 33 heavy (non-hydrogen) atoms. The Morgan fingerprint density at radius 3 is 2.36 bits per heavy atom. The zero-order valence-electron chi connectivity index (χ0n) is 17.8. The van der Waals surface area contributed by atoms with E-state index < -0.39 is 4.92 Å². The molecule has 0 spiro atoms. The summed E-state index contributed by atoms with van der Waals surface area (Å²) in [6.45, 7) is 0.525. The van der Waals surface area contributed by atoms with Crippen LogP contribution in [0.25, 0.3) is 11.3 Å². The Labute approximate surface area is 190 Å². The second-order valence-corrected chi connectivity index (χ2v) is 7.34. The average molecular weight is 442 g/mol. The number of nitrogens with one attached hydrogen (secondary N) is 1. The first-order valence-electron chi connectivity index (χ1n) is 10.4. The number of carbonyl (C=O) groups is 1. The van der Waals surface area contributed by atoms with E-state index in [-0.39, 0.29) is 30.5 Å². The van der Waals surface area contributed by atoms with E-state index in [1.165, 1.54) is 12.1 Å². The molecule has 0 aliphatic carbocycles. The molecule has 4 rings (SSSR count). The number of hydrogen-bond donors (Lipinski definition) is 1. The Kier molecular flexibility index (Phi) is 6.75. The van der Waals surface area contributed by atoms with Crippen molar-refractivity contribution in [2.45, 2.75) is 13.1 Å². The van der Waals surface area contributed by atoms with Crippen LogP contribution < -0.4 is 10.1 Å². The van der Waals surface area contributed by atoms with E-state index >= 15 is 0 Å². The fourth-order valence-corrected chi connectivity index (χ4v) is 3.40. The first-order valence-corrected chi connectivity index (χ1v) is 10.4. The third-order valence-electron chi connectivity index (χ3n) is 4.97. The van der Waals surface area contributed by atoms with Gasteiger partial charge in [0.25, 0.3) is 5.91 Å². The lowest BCUT2D eigenvalue weighted by atomic mass is 10.1. The van der Waals surface area contributed by atoms with Crippen LogP contribution >= 0.6 is 0 Å². The molecule has 0 saturated heterocycles. The highest BCUT2D eigenvalue weighted by molar-refractivity contribution is 5.78. The summed E-state index contributed by atoms with van der Waals surface area (Å²) < 4.78 is 7.22. The van der Waals surface area contributed by atoms with Gasteiger partial charge in [-0.15, -0.1) is 0 Å². The molecule has 8 nitrogen and oxygen atoms in total. The molecule has 1 heterocycles. The number of nitro benzene ring substituents is 1. The standard InChI is InChI=1S/C25H22N4O4/c30-24(18-33-23-14-8-7-13-22(23)29(31)32)26-15-21-17-28(16-19-9-3-1-4-10-19)27-25(21)20-11-5-2-6-12-20/h1-14,17H,15-16,18H2,(H,26,30). The Morgan fingerprint density at radius 1 is 0.970 bits per heavy atom. The zero-order chi connectivity index (χ0) is 23.0. The average Bonchev–Trinajstić information content (AvgIpc) is 3.25. The van der Waals surface area contributed by atoms with Gasteiger partial charge in [-0.25, -0.2) is 0 Å². The summed E-state index contributed by atoms with van der Waals surface area (Å²) in [6.07, 6.45) is 1.92. The Balaban J connectivity index is 1.45. The van der Waals surface area contributed by atoms with Crippen molar-refractivity contribution >= 4 is 11.6 Å². The van der Waals surface area contributed by atoms with Crippen molar-refractivity contribution in [3.8, 4) is 17.0 Å². The number of rotatable bonds is 9. The number of carbonyl (C=O) groups excluding carboxylic acids is 1. The first-order chi connectivity index (χ1) is 16.1. The van der Waals surface area contributed by atoms with E-state index in [0.29, 0.717) is 6.54 Å². The van der Waals surface area contributed by atoms with Gasteiger partial charge in [-0.3, -0.25) is 19.6 Å². The maximum atomic E-state index is 12.4. The van der Waals surface area contributed by atoms with Gasteiger partial charge in [0.1, 0.15) is 0 Å². The lowest BCUT2D eigenvalue weighted by molar-refractivity contribution is -0.385. The topological polar surface area (TPSA) is 99.3 Å². The second-order valence-electron chi connectivity index (χ2n) is 7.34. The maximum Gasteiger partial charge on any atom is 0.310 e. The molecule has 0 aliphatic rings. The van der Waals surface area contributed by atoms with Gasteiger partial charge in [-0.05, 0) is 11.6 Å². The Morgan fingerprint density at radius 2 is 1.64 bits per heavy atom. The Bertz CT molecular complexity index is 1240. The summed E-state index contributed by atoms with van der Waals surface area (Å²) in [5.41, 5.74) is 3.53. The lowest BCUT2D eigenvalue weighted by Gasteiger charge is -2.08.